The molecule has 2 aromatic carbocycles. The van der Waals surface area contributed by atoms with Crippen molar-refractivity contribution < 1.29 is 27.8 Å². The van der Waals surface area contributed by atoms with Crippen LogP contribution in [0.5, 0.6) is 5.75 Å². The number of rotatable bonds is 2. The molecule has 0 aliphatic carbocycles. The lowest BCUT2D eigenvalue weighted by Crippen LogP contribution is -2.21. The number of nitrogens with one attached hydrogen (secondary N) is 1. The average Bonchev–Trinajstić information content (AvgIpc) is 3.37. The maximum absolute atomic E-state index is 10.6. The van der Waals surface area contributed by atoms with E-state index < -0.39 is 12.1 Å². The molecule has 164 valence electrons. The number of aromatic nitrogens is 4. The van der Waals surface area contributed by atoms with Crippen LogP contribution in [-0.4, -0.2) is 37.2 Å². The maximum Gasteiger partial charge on any atom is 0.490 e. The number of nitrogen functional groups attached to an aromatic ring is 1. The number of alkyl halides is 3. The van der Waals surface area contributed by atoms with Crippen LogP contribution in [0.4, 0.5) is 19.0 Å². The van der Waals surface area contributed by atoms with E-state index in [2.05, 4.69) is 21.0 Å². The molecule has 2 aromatic heterocycles. The zero-order valence-electron chi connectivity index (χ0n) is 16.3. The van der Waals surface area contributed by atoms with Crippen LogP contribution >= 0.6 is 0 Å². The minimum atomic E-state index is -5.08. The van der Waals surface area contributed by atoms with Gasteiger partial charge < -0.3 is 20.6 Å². The standard InChI is InChI=1S/C19H15N5O.C2HF3O2/c20-18-9-14(21-10-22-18)11-5-6-13-15(7-11)24-19(23-13)17-8-12-3-1-2-4-16(12)25-17;3-2(4,5)1(6)7/h1-7,9-10,17H,8H2,(H,23,24)(H2,20,21,22);(H,6,7). The van der Waals surface area contributed by atoms with E-state index in [1.807, 2.05) is 36.4 Å². The van der Waals surface area contributed by atoms with Crippen molar-refractivity contribution in [3.05, 3.63) is 66.2 Å². The zero-order valence-corrected chi connectivity index (χ0v) is 16.3. The summed E-state index contributed by atoms with van der Waals surface area (Å²) < 4.78 is 37.8. The van der Waals surface area contributed by atoms with Crippen LogP contribution in [0.3, 0.4) is 0 Å². The lowest BCUT2D eigenvalue weighted by molar-refractivity contribution is -0.192. The minimum Gasteiger partial charge on any atom is -0.482 e. The van der Waals surface area contributed by atoms with Gasteiger partial charge in [-0.3, -0.25) is 0 Å². The normalized spacial score (nSPS) is 14.9. The molecule has 0 radical (unpaired) electrons. The lowest BCUT2D eigenvalue weighted by Gasteiger charge is -2.06. The number of anilines is 1. The predicted octanol–water partition coefficient (Wildman–Crippen LogP) is 3.91. The van der Waals surface area contributed by atoms with Gasteiger partial charge in [0.15, 0.2) is 6.10 Å². The summed E-state index contributed by atoms with van der Waals surface area (Å²) in [6.07, 6.45) is -2.87. The molecule has 5 rings (SSSR count). The van der Waals surface area contributed by atoms with Crippen LogP contribution in [0.1, 0.15) is 17.5 Å². The molecule has 1 aliphatic rings. The van der Waals surface area contributed by atoms with Gasteiger partial charge in [0.05, 0.1) is 16.7 Å². The van der Waals surface area contributed by atoms with Crippen LogP contribution < -0.4 is 10.5 Å². The van der Waals surface area contributed by atoms with Crippen molar-refractivity contribution in [2.45, 2.75) is 18.7 Å². The molecule has 1 atom stereocenters. The Kier molecular flexibility index (Phi) is 5.39. The molecular formula is C21H16F3N5O3. The van der Waals surface area contributed by atoms with Crippen molar-refractivity contribution in [3.8, 4) is 17.0 Å². The molecule has 1 unspecified atom stereocenters. The molecule has 0 spiro atoms. The Morgan fingerprint density at radius 3 is 2.59 bits per heavy atom. The number of aliphatic carboxylic acids is 1. The third kappa shape index (κ3) is 4.46. The number of aromatic amines is 1. The highest BCUT2D eigenvalue weighted by Gasteiger charge is 2.38. The third-order valence-corrected chi connectivity index (χ3v) is 4.68. The minimum absolute atomic E-state index is 0.0806. The molecule has 4 aromatic rings. The van der Waals surface area contributed by atoms with Gasteiger partial charge in [0.2, 0.25) is 0 Å². The van der Waals surface area contributed by atoms with Gasteiger partial charge in [0.1, 0.15) is 23.7 Å². The smallest absolute Gasteiger partial charge is 0.482 e. The number of benzene rings is 2. The van der Waals surface area contributed by atoms with Gasteiger partial charge in [-0.1, -0.05) is 24.3 Å². The fourth-order valence-electron chi connectivity index (χ4n) is 3.21. The van der Waals surface area contributed by atoms with Gasteiger partial charge in [0.25, 0.3) is 0 Å². The molecule has 3 heterocycles. The molecule has 0 fully saturated rings. The fourth-order valence-corrected chi connectivity index (χ4v) is 3.21. The number of fused-ring (bicyclic) bond motifs is 2. The molecule has 4 N–H and O–H groups in total. The van der Waals surface area contributed by atoms with E-state index in [4.69, 9.17) is 25.4 Å². The van der Waals surface area contributed by atoms with Crippen molar-refractivity contribution in [2.24, 2.45) is 0 Å². The summed E-state index contributed by atoms with van der Waals surface area (Å²) in [5, 5.41) is 7.12. The average molecular weight is 443 g/mol. The topological polar surface area (TPSA) is 127 Å². The Labute approximate surface area is 178 Å². The Morgan fingerprint density at radius 1 is 1.16 bits per heavy atom. The second-order valence-corrected chi connectivity index (χ2v) is 6.90. The van der Waals surface area contributed by atoms with Gasteiger partial charge in [-0.2, -0.15) is 13.2 Å². The summed E-state index contributed by atoms with van der Waals surface area (Å²) >= 11 is 0. The summed E-state index contributed by atoms with van der Waals surface area (Å²) in [6.45, 7) is 0. The first-order valence-electron chi connectivity index (χ1n) is 9.33. The zero-order chi connectivity index (χ0) is 22.9. The molecule has 0 amide bonds. The van der Waals surface area contributed by atoms with Gasteiger partial charge in [-0.15, -0.1) is 0 Å². The summed E-state index contributed by atoms with van der Waals surface area (Å²) in [5.74, 6) is -0.532. The Hall–Kier alpha value is -4.15. The second kappa shape index (κ2) is 8.17. The van der Waals surface area contributed by atoms with Crippen LogP contribution in [0.15, 0.2) is 54.9 Å². The first-order chi connectivity index (χ1) is 15.2. The number of halogens is 3. The highest BCUT2D eigenvalue weighted by Crippen LogP contribution is 2.36. The van der Waals surface area contributed by atoms with E-state index in [0.717, 1.165) is 40.3 Å². The van der Waals surface area contributed by atoms with Crippen LogP contribution in [0.2, 0.25) is 0 Å². The Bertz CT molecular complexity index is 1260. The number of nitrogens with two attached hydrogens (primary N) is 1. The SMILES string of the molecule is Nc1cc(-c2ccc3nc(C4Cc5ccccc5O4)[nH]c3c2)ncn1.O=C(O)C(F)(F)F. The quantitative estimate of drug-likeness (QED) is 0.429. The monoisotopic (exact) mass is 443 g/mol. The maximum atomic E-state index is 10.6. The van der Waals surface area contributed by atoms with Crippen LogP contribution in [0.25, 0.3) is 22.3 Å². The van der Waals surface area contributed by atoms with E-state index in [-0.39, 0.29) is 6.10 Å². The summed E-state index contributed by atoms with van der Waals surface area (Å²) in [4.78, 5) is 25.2. The van der Waals surface area contributed by atoms with E-state index >= 15 is 0 Å². The molecule has 0 bridgehead atoms. The second-order valence-electron chi connectivity index (χ2n) is 6.90. The van der Waals surface area contributed by atoms with E-state index in [1.54, 1.807) is 6.07 Å². The molecule has 8 nitrogen and oxygen atoms in total. The number of carboxylic acids is 1. The molecule has 32 heavy (non-hydrogen) atoms. The fraction of sp³-hybridized carbons (Fsp3) is 0.143. The molecule has 0 saturated carbocycles. The van der Waals surface area contributed by atoms with Crippen molar-refractivity contribution in [3.63, 3.8) is 0 Å². The number of ether oxygens (including phenoxy) is 1. The number of carbonyl (C=O) groups is 1. The van der Waals surface area contributed by atoms with Crippen molar-refractivity contribution in [2.75, 3.05) is 5.73 Å². The number of hydrogen-bond donors (Lipinski definition) is 3. The lowest BCUT2D eigenvalue weighted by atomic mass is 10.1. The van der Waals surface area contributed by atoms with Gasteiger partial charge >= 0.3 is 12.1 Å². The predicted molar refractivity (Wildman–Crippen MR) is 109 cm³/mol. The number of hydrogen-bond acceptors (Lipinski definition) is 6. The van der Waals surface area contributed by atoms with Crippen LogP contribution in [0, 0.1) is 0 Å². The number of nitrogens with zero attached hydrogens (tertiary/aromatic N) is 3. The number of H-pyrrole nitrogens is 1. The summed E-state index contributed by atoms with van der Waals surface area (Å²) in [6, 6.07) is 15.8. The third-order valence-electron chi connectivity index (χ3n) is 4.68. The Balaban J connectivity index is 0.000000307. The highest BCUT2D eigenvalue weighted by molar-refractivity contribution is 5.81. The van der Waals surface area contributed by atoms with Gasteiger partial charge in [-0.05, 0) is 23.8 Å². The first kappa shape index (κ1) is 21.1. The highest BCUT2D eigenvalue weighted by atomic mass is 19.4. The van der Waals surface area contributed by atoms with E-state index in [0.29, 0.717) is 5.82 Å². The van der Waals surface area contributed by atoms with Gasteiger partial charge in [0, 0.05) is 18.1 Å². The number of carboxylic acid groups (broad SMARTS) is 1. The molecule has 1 aliphatic heterocycles. The van der Waals surface area contributed by atoms with Crippen molar-refractivity contribution in [1.82, 2.24) is 19.9 Å². The molecule has 11 heteroatoms. The van der Waals surface area contributed by atoms with E-state index in [1.165, 1.54) is 11.9 Å². The van der Waals surface area contributed by atoms with Crippen molar-refractivity contribution >= 4 is 22.8 Å². The molecular weight excluding hydrogens is 427 g/mol. The summed E-state index contributed by atoms with van der Waals surface area (Å²) in [7, 11) is 0. The van der Waals surface area contributed by atoms with Crippen LogP contribution in [-0.2, 0) is 11.2 Å². The summed E-state index contributed by atoms with van der Waals surface area (Å²) in [5.41, 5.74) is 10.6. The number of imidazole rings is 1. The first-order valence-corrected chi connectivity index (χ1v) is 9.33. The number of para-hydroxylation sites is 1. The van der Waals surface area contributed by atoms with Crippen molar-refractivity contribution in [1.29, 1.82) is 0 Å². The Morgan fingerprint density at radius 2 is 1.91 bits per heavy atom. The van der Waals surface area contributed by atoms with E-state index in [9.17, 15) is 13.2 Å². The largest absolute Gasteiger partial charge is 0.490 e. The molecule has 0 saturated heterocycles. The van der Waals surface area contributed by atoms with Gasteiger partial charge in [-0.25, -0.2) is 19.7 Å².